The number of benzene rings is 2. The van der Waals surface area contributed by atoms with E-state index in [2.05, 4.69) is 5.32 Å². The molecule has 0 unspecified atom stereocenters. The van der Waals surface area contributed by atoms with Crippen molar-refractivity contribution in [1.82, 2.24) is 4.90 Å². The maximum Gasteiger partial charge on any atom is 0.321 e. The van der Waals surface area contributed by atoms with Gasteiger partial charge >= 0.3 is 6.03 Å². The second-order valence-corrected chi connectivity index (χ2v) is 7.38. The van der Waals surface area contributed by atoms with Crippen LogP contribution in [0.4, 0.5) is 10.5 Å². The molecule has 1 fully saturated rings. The number of aliphatic hydroxyl groups is 2. The number of hydrogen-bond acceptors (Lipinski definition) is 4. The van der Waals surface area contributed by atoms with Gasteiger partial charge < -0.3 is 24.8 Å². The Hall–Kier alpha value is -2.83. The molecule has 0 spiro atoms. The molecule has 1 aromatic heterocycles. The molecular formula is C22H24N2O4. The number of amides is 2. The number of furan rings is 1. The van der Waals surface area contributed by atoms with Crippen LogP contribution >= 0.6 is 0 Å². The number of fused-ring (bicyclic) bond motifs is 1. The zero-order valence-corrected chi connectivity index (χ0v) is 15.6. The lowest BCUT2D eigenvalue weighted by Gasteiger charge is -2.24. The Morgan fingerprint density at radius 3 is 2.71 bits per heavy atom. The highest BCUT2D eigenvalue weighted by molar-refractivity contribution is 5.93. The summed E-state index contributed by atoms with van der Waals surface area (Å²) < 4.78 is 5.91. The average Bonchev–Trinajstić information content (AvgIpc) is 3.04. The first-order chi connectivity index (χ1) is 13.6. The Balaban J connectivity index is 1.48. The highest BCUT2D eigenvalue weighted by atomic mass is 16.3. The number of aliphatic hydroxyl groups excluding tert-OH is 1. The monoisotopic (exact) mass is 380 g/mol. The molecule has 1 atom stereocenters. The van der Waals surface area contributed by atoms with Gasteiger partial charge in [-0.1, -0.05) is 30.3 Å². The van der Waals surface area contributed by atoms with Gasteiger partial charge in [-0.2, -0.15) is 0 Å². The Morgan fingerprint density at radius 1 is 1.11 bits per heavy atom. The molecule has 0 aliphatic carbocycles. The highest BCUT2D eigenvalue weighted by Crippen LogP contribution is 2.29. The molecule has 0 radical (unpaired) electrons. The van der Waals surface area contributed by atoms with E-state index in [1.807, 2.05) is 54.6 Å². The van der Waals surface area contributed by atoms with Crippen molar-refractivity contribution in [2.45, 2.75) is 24.9 Å². The van der Waals surface area contributed by atoms with Gasteiger partial charge in [0.2, 0.25) is 0 Å². The Kier molecular flexibility index (Phi) is 5.07. The first-order valence-corrected chi connectivity index (χ1v) is 9.54. The quantitative estimate of drug-likeness (QED) is 0.644. The van der Waals surface area contributed by atoms with E-state index in [9.17, 15) is 15.0 Å². The van der Waals surface area contributed by atoms with Crippen LogP contribution in [0, 0.1) is 0 Å². The topological polar surface area (TPSA) is 85.9 Å². The molecule has 1 aliphatic heterocycles. The summed E-state index contributed by atoms with van der Waals surface area (Å²) in [5.74, 6) is 0.787. The molecule has 3 N–H and O–H groups in total. The van der Waals surface area contributed by atoms with Gasteiger partial charge in [0.05, 0.1) is 12.2 Å². The standard InChI is InChI=1S/C22H24N2O4/c25-15-22(27)9-4-11-24(12-10-22)21(26)23-18-7-8-19-17(13-18)14-20(28-19)16-5-2-1-3-6-16/h1-3,5-8,13-14,25,27H,4,9-12,15H2,(H,23,26)/t22-/m0/s1. The maximum atomic E-state index is 12.6. The Morgan fingerprint density at radius 2 is 1.93 bits per heavy atom. The van der Waals surface area contributed by atoms with Gasteiger partial charge in [0.15, 0.2) is 0 Å². The number of anilines is 1. The van der Waals surface area contributed by atoms with Crippen molar-refractivity contribution in [1.29, 1.82) is 0 Å². The molecule has 146 valence electrons. The van der Waals surface area contributed by atoms with E-state index in [1.165, 1.54) is 0 Å². The second-order valence-electron chi connectivity index (χ2n) is 7.38. The van der Waals surface area contributed by atoms with Gasteiger partial charge in [0.1, 0.15) is 11.3 Å². The van der Waals surface area contributed by atoms with Crippen molar-refractivity contribution < 1.29 is 19.4 Å². The summed E-state index contributed by atoms with van der Waals surface area (Å²) in [6.07, 6.45) is 1.53. The Labute approximate surface area is 163 Å². The fraction of sp³-hybridized carbons (Fsp3) is 0.318. The van der Waals surface area contributed by atoms with Crippen LogP contribution < -0.4 is 5.32 Å². The molecule has 3 aromatic rings. The number of rotatable bonds is 3. The minimum absolute atomic E-state index is 0.201. The molecule has 2 heterocycles. The van der Waals surface area contributed by atoms with Crippen molar-refractivity contribution in [3.8, 4) is 11.3 Å². The third-order valence-electron chi connectivity index (χ3n) is 5.32. The van der Waals surface area contributed by atoms with E-state index >= 15 is 0 Å². The molecule has 4 rings (SSSR count). The van der Waals surface area contributed by atoms with Crippen LogP contribution in [-0.2, 0) is 0 Å². The molecule has 2 amide bonds. The lowest BCUT2D eigenvalue weighted by molar-refractivity contribution is -0.0247. The van der Waals surface area contributed by atoms with Crippen LogP contribution in [0.2, 0.25) is 0 Å². The highest BCUT2D eigenvalue weighted by Gasteiger charge is 2.30. The van der Waals surface area contributed by atoms with Crippen molar-refractivity contribution in [3.63, 3.8) is 0 Å². The number of nitrogens with zero attached hydrogens (tertiary/aromatic N) is 1. The third kappa shape index (κ3) is 3.88. The molecule has 6 heteroatoms. The Bertz CT molecular complexity index is 969. The number of likely N-dealkylation sites (tertiary alicyclic amines) is 1. The van der Waals surface area contributed by atoms with E-state index in [-0.39, 0.29) is 12.6 Å². The van der Waals surface area contributed by atoms with Crippen LogP contribution in [0.3, 0.4) is 0 Å². The normalized spacial score (nSPS) is 20.1. The summed E-state index contributed by atoms with van der Waals surface area (Å²) in [4.78, 5) is 14.3. The smallest absolute Gasteiger partial charge is 0.321 e. The average molecular weight is 380 g/mol. The van der Waals surface area contributed by atoms with Crippen LogP contribution in [-0.4, -0.2) is 46.4 Å². The minimum Gasteiger partial charge on any atom is -0.456 e. The number of hydrogen-bond donors (Lipinski definition) is 3. The third-order valence-corrected chi connectivity index (χ3v) is 5.32. The van der Waals surface area contributed by atoms with Crippen LogP contribution in [0.15, 0.2) is 59.0 Å². The molecule has 2 aromatic carbocycles. The predicted octanol–water partition coefficient (Wildman–Crippen LogP) is 3.84. The number of urea groups is 1. The van der Waals surface area contributed by atoms with Crippen molar-refractivity contribution >= 4 is 22.7 Å². The maximum absolute atomic E-state index is 12.6. The summed E-state index contributed by atoms with van der Waals surface area (Å²) in [6, 6.07) is 17.2. The van der Waals surface area contributed by atoms with E-state index in [0.717, 1.165) is 22.3 Å². The van der Waals surface area contributed by atoms with Gasteiger partial charge in [0.25, 0.3) is 0 Å². The fourth-order valence-corrected chi connectivity index (χ4v) is 3.61. The summed E-state index contributed by atoms with van der Waals surface area (Å²) in [5.41, 5.74) is 1.38. The van der Waals surface area contributed by atoms with Gasteiger partial charge in [0, 0.05) is 29.7 Å². The largest absolute Gasteiger partial charge is 0.456 e. The second kappa shape index (κ2) is 7.66. The van der Waals surface area contributed by atoms with Crippen molar-refractivity contribution in [2.75, 3.05) is 25.0 Å². The summed E-state index contributed by atoms with van der Waals surface area (Å²) in [6.45, 7) is 0.693. The number of carbonyl (C=O) groups is 1. The van der Waals surface area contributed by atoms with Gasteiger partial charge in [-0.05, 0) is 43.5 Å². The SMILES string of the molecule is O=C(Nc1ccc2oc(-c3ccccc3)cc2c1)N1CCC[C@@](O)(CO)CC1. The molecule has 0 saturated carbocycles. The first-order valence-electron chi connectivity index (χ1n) is 9.54. The van der Waals surface area contributed by atoms with Crippen LogP contribution in [0.25, 0.3) is 22.3 Å². The zero-order chi connectivity index (χ0) is 19.6. The molecule has 6 nitrogen and oxygen atoms in total. The zero-order valence-electron chi connectivity index (χ0n) is 15.6. The molecule has 28 heavy (non-hydrogen) atoms. The molecule has 1 aliphatic rings. The minimum atomic E-state index is -1.08. The number of carbonyl (C=O) groups excluding carboxylic acids is 1. The molecule has 0 bridgehead atoms. The van der Waals surface area contributed by atoms with Crippen LogP contribution in [0.5, 0.6) is 0 Å². The van der Waals surface area contributed by atoms with Gasteiger partial charge in [-0.25, -0.2) is 4.79 Å². The lowest BCUT2D eigenvalue weighted by Crippen LogP contribution is -2.38. The molecule has 1 saturated heterocycles. The summed E-state index contributed by atoms with van der Waals surface area (Å²) in [7, 11) is 0. The fourth-order valence-electron chi connectivity index (χ4n) is 3.61. The van der Waals surface area contributed by atoms with E-state index in [1.54, 1.807) is 4.90 Å². The van der Waals surface area contributed by atoms with E-state index in [4.69, 9.17) is 4.42 Å². The van der Waals surface area contributed by atoms with Gasteiger partial charge in [-0.3, -0.25) is 0 Å². The van der Waals surface area contributed by atoms with Crippen molar-refractivity contribution in [3.05, 3.63) is 54.6 Å². The predicted molar refractivity (Wildman–Crippen MR) is 108 cm³/mol. The molecular weight excluding hydrogens is 356 g/mol. The van der Waals surface area contributed by atoms with Crippen molar-refractivity contribution in [2.24, 2.45) is 0 Å². The summed E-state index contributed by atoms with van der Waals surface area (Å²) >= 11 is 0. The summed E-state index contributed by atoms with van der Waals surface area (Å²) in [5, 5.41) is 23.4. The lowest BCUT2D eigenvalue weighted by atomic mass is 9.96. The van der Waals surface area contributed by atoms with Crippen LogP contribution in [0.1, 0.15) is 19.3 Å². The first kappa shape index (κ1) is 18.5. The number of nitrogens with one attached hydrogen (secondary N) is 1. The van der Waals surface area contributed by atoms with E-state index in [0.29, 0.717) is 38.0 Å². The van der Waals surface area contributed by atoms with Gasteiger partial charge in [-0.15, -0.1) is 0 Å². The van der Waals surface area contributed by atoms with E-state index < -0.39 is 5.60 Å².